The van der Waals surface area contributed by atoms with Gasteiger partial charge in [-0.1, -0.05) is 23.2 Å². The van der Waals surface area contributed by atoms with E-state index in [-0.39, 0.29) is 22.4 Å². The van der Waals surface area contributed by atoms with Crippen LogP contribution in [-0.2, 0) is 10.0 Å². The molecule has 1 heterocycles. The maximum atomic E-state index is 12.5. The minimum absolute atomic E-state index is 0.0843. The molecule has 1 N–H and O–H groups in total. The molecular formula is C12H15Cl2NO3S. The van der Waals surface area contributed by atoms with Crippen molar-refractivity contribution in [3.8, 4) is 0 Å². The summed E-state index contributed by atoms with van der Waals surface area (Å²) in [6, 6.07) is 4.37. The predicted molar refractivity (Wildman–Crippen MR) is 75.0 cm³/mol. The number of nitrogens with zero attached hydrogens (tertiary/aromatic N) is 1. The van der Waals surface area contributed by atoms with Crippen LogP contribution in [0.5, 0.6) is 0 Å². The van der Waals surface area contributed by atoms with E-state index in [9.17, 15) is 8.42 Å². The molecule has 2 rings (SSSR count). The quantitative estimate of drug-likeness (QED) is 0.929. The first kappa shape index (κ1) is 15.1. The highest BCUT2D eigenvalue weighted by molar-refractivity contribution is 7.89. The fraction of sp³-hybridized carbons (Fsp3) is 0.500. The van der Waals surface area contributed by atoms with Gasteiger partial charge >= 0.3 is 0 Å². The second-order valence-corrected chi connectivity index (χ2v) is 7.35. The molecule has 0 spiro atoms. The van der Waals surface area contributed by atoms with Gasteiger partial charge in [-0.15, -0.1) is 0 Å². The van der Waals surface area contributed by atoms with E-state index < -0.39 is 10.0 Å². The molecule has 1 aliphatic rings. The van der Waals surface area contributed by atoms with Crippen molar-refractivity contribution in [3.63, 3.8) is 0 Å². The summed E-state index contributed by atoms with van der Waals surface area (Å²) in [5, 5.41) is 9.61. The van der Waals surface area contributed by atoms with Crippen LogP contribution in [0.4, 0.5) is 0 Å². The summed E-state index contributed by atoms with van der Waals surface area (Å²) in [7, 11) is -3.58. The monoisotopic (exact) mass is 323 g/mol. The van der Waals surface area contributed by atoms with Crippen molar-refractivity contribution < 1.29 is 13.5 Å². The van der Waals surface area contributed by atoms with Crippen molar-refractivity contribution in [1.82, 2.24) is 4.31 Å². The van der Waals surface area contributed by atoms with Crippen LogP contribution >= 0.6 is 23.2 Å². The summed E-state index contributed by atoms with van der Waals surface area (Å²) in [6.45, 7) is 0.925. The van der Waals surface area contributed by atoms with E-state index >= 15 is 0 Å². The molecule has 0 aliphatic carbocycles. The van der Waals surface area contributed by atoms with E-state index in [0.717, 1.165) is 0 Å². The molecule has 0 amide bonds. The van der Waals surface area contributed by atoms with Crippen LogP contribution in [0, 0.1) is 5.92 Å². The lowest BCUT2D eigenvalue weighted by molar-refractivity contribution is 0.170. The normalized spacial score (nSPS) is 18.7. The Labute approximate surface area is 123 Å². The number of rotatable bonds is 3. The van der Waals surface area contributed by atoms with Gasteiger partial charge in [-0.05, 0) is 37.0 Å². The molecule has 0 atom stereocenters. The Hall–Kier alpha value is -0.330. The van der Waals surface area contributed by atoms with Crippen molar-refractivity contribution in [2.45, 2.75) is 17.7 Å². The smallest absolute Gasteiger partial charge is 0.244 e. The molecule has 0 radical (unpaired) electrons. The summed E-state index contributed by atoms with van der Waals surface area (Å²) in [4.78, 5) is 0.0843. The molecule has 0 unspecified atom stereocenters. The summed E-state index contributed by atoms with van der Waals surface area (Å²) in [5.74, 6) is 0.187. The molecule has 4 nitrogen and oxygen atoms in total. The van der Waals surface area contributed by atoms with Gasteiger partial charge < -0.3 is 5.11 Å². The summed E-state index contributed by atoms with van der Waals surface area (Å²) >= 11 is 11.7. The number of halogens is 2. The standard InChI is InChI=1S/C12H15Cl2NO3S/c13-10-1-2-12(11(14)7-10)19(17,18)15-5-3-9(8-16)4-6-15/h1-2,7,9,16H,3-6,8H2. The highest BCUT2D eigenvalue weighted by Gasteiger charge is 2.30. The van der Waals surface area contributed by atoms with Crippen molar-refractivity contribution in [2.24, 2.45) is 5.92 Å². The molecule has 1 saturated heterocycles. The third kappa shape index (κ3) is 3.23. The van der Waals surface area contributed by atoms with Gasteiger partial charge in [0.05, 0.1) is 5.02 Å². The third-order valence-corrected chi connectivity index (χ3v) is 5.96. The third-order valence-electron chi connectivity index (χ3n) is 3.34. The highest BCUT2D eigenvalue weighted by Crippen LogP contribution is 2.29. The van der Waals surface area contributed by atoms with E-state index in [1.807, 2.05) is 0 Å². The Morgan fingerprint density at radius 1 is 1.26 bits per heavy atom. The van der Waals surface area contributed by atoms with Crippen LogP contribution in [-0.4, -0.2) is 37.5 Å². The zero-order valence-corrected chi connectivity index (χ0v) is 12.5. The predicted octanol–water partition coefficient (Wildman–Crippen LogP) is 2.39. The van der Waals surface area contributed by atoms with E-state index in [4.69, 9.17) is 28.3 Å². The van der Waals surface area contributed by atoms with Gasteiger partial charge in [-0.3, -0.25) is 0 Å². The molecule has 0 bridgehead atoms. The van der Waals surface area contributed by atoms with Crippen LogP contribution < -0.4 is 0 Å². The minimum Gasteiger partial charge on any atom is -0.396 e. The Morgan fingerprint density at radius 3 is 2.42 bits per heavy atom. The maximum Gasteiger partial charge on any atom is 0.244 e. The summed E-state index contributed by atoms with van der Waals surface area (Å²) in [6.07, 6.45) is 1.34. The van der Waals surface area contributed by atoms with Crippen LogP contribution in [0.1, 0.15) is 12.8 Å². The maximum absolute atomic E-state index is 12.5. The van der Waals surface area contributed by atoms with Gasteiger partial charge in [-0.25, -0.2) is 8.42 Å². The van der Waals surface area contributed by atoms with Crippen LogP contribution in [0.15, 0.2) is 23.1 Å². The zero-order chi connectivity index (χ0) is 14.0. The Balaban J connectivity index is 2.23. The van der Waals surface area contributed by atoms with Gasteiger partial charge in [0.15, 0.2) is 0 Å². The van der Waals surface area contributed by atoms with Crippen molar-refractivity contribution >= 4 is 33.2 Å². The van der Waals surface area contributed by atoms with E-state index in [1.165, 1.54) is 22.5 Å². The lowest BCUT2D eigenvalue weighted by atomic mass is 10.00. The van der Waals surface area contributed by atoms with E-state index in [0.29, 0.717) is 31.0 Å². The van der Waals surface area contributed by atoms with Crippen molar-refractivity contribution in [3.05, 3.63) is 28.2 Å². The Kier molecular flexibility index (Phi) is 4.74. The number of sulfonamides is 1. The summed E-state index contributed by atoms with van der Waals surface area (Å²) in [5.41, 5.74) is 0. The fourth-order valence-corrected chi connectivity index (χ4v) is 4.37. The molecule has 1 fully saturated rings. The Morgan fingerprint density at radius 2 is 1.89 bits per heavy atom. The van der Waals surface area contributed by atoms with Crippen LogP contribution in [0.2, 0.25) is 10.0 Å². The Bertz CT molecular complexity index is 554. The molecule has 106 valence electrons. The molecule has 0 saturated carbocycles. The van der Waals surface area contributed by atoms with Gasteiger partial charge in [0, 0.05) is 24.7 Å². The minimum atomic E-state index is -3.58. The number of benzene rings is 1. The number of aliphatic hydroxyl groups excluding tert-OH is 1. The first-order valence-electron chi connectivity index (χ1n) is 6.01. The molecule has 0 aromatic heterocycles. The van der Waals surface area contributed by atoms with Crippen molar-refractivity contribution in [1.29, 1.82) is 0 Å². The van der Waals surface area contributed by atoms with Gasteiger partial charge in [-0.2, -0.15) is 4.31 Å². The highest BCUT2D eigenvalue weighted by atomic mass is 35.5. The SMILES string of the molecule is O=S(=O)(c1ccc(Cl)cc1Cl)N1CCC(CO)CC1. The van der Waals surface area contributed by atoms with Gasteiger partial charge in [0.2, 0.25) is 10.0 Å². The zero-order valence-electron chi connectivity index (χ0n) is 10.2. The molecule has 7 heteroatoms. The number of hydrogen-bond acceptors (Lipinski definition) is 3. The average molecular weight is 324 g/mol. The van der Waals surface area contributed by atoms with Crippen LogP contribution in [0.25, 0.3) is 0 Å². The van der Waals surface area contributed by atoms with Gasteiger partial charge in [0.1, 0.15) is 4.90 Å². The molecule has 19 heavy (non-hydrogen) atoms. The van der Waals surface area contributed by atoms with E-state index in [2.05, 4.69) is 0 Å². The van der Waals surface area contributed by atoms with Crippen LogP contribution in [0.3, 0.4) is 0 Å². The number of piperidine rings is 1. The second-order valence-electron chi connectivity index (χ2n) is 4.60. The first-order chi connectivity index (χ1) is 8.95. The number of aliphatic hydroxyl groups is 1. The van der Waals surface area contributed by atoms with Gasteiger partial charge in [0.25, 0.3) is 0 Å². The second kappa shape index (κ2) is 5.97. The molecule has 1 aromatic rings. The largest absolute Gasteiger partial charge is 0.396 e. The fourth-order valence-electron chi connectivity index (χ4n) is 2.16. The summed E-state index contributed by atoms with van der Waals surface area (Å²) < 4.78 is 26.3. The molecule has 1 aliphatic heterocycles. The first-order valence-corrected chi connectivity index (χ1v) is 8.21. The average Bonchev–Trinajstić information content (AvgIpc) is 2.38. The lowest BCUT2D eigenvalue weighted by Crippen LogP contribution is -2.39. The van der Waals surface area contributed by atoms with Crippen molar-refractivity contribution in [2.75, 3.05) is 19.7 Å². The topological polar surface area (TPSA) is 57.6 Å². The number of hydrogen-bond donors (Lipinski definition) is 1. The lowest BCUT2D eigenvalue weighted by Gasteiger charge is -2.30. The molecular weight excluding hydrogens is 309 g/mol. The molecule has 1 aromatic carbocycles. The van der Waals surface area contributed by atoms with E-state index in [1.54, 1.807) is 0 Å².